The van der Waals surface area contributed by atoms with Crippen LogP contribution < -0.4 is 10.4 Å². The molecule has 0 fully saturated rings. The third kappa shape index (κ3) is 3.97. The van der Waals surface area contributed by atoms with E-state index in [1.54, 1.807) is 31.3 Å². The quantitative estimate of drug-likeness (QED) is 0.737. The maximum absolute atomic E-state index is 12.1. The number of rotatable bonds is 7. The molecule has 2 N–H and O–H groups in total. The van der Waals surface area contributed by atoms with E-state index in [4.69, 9.17) is 4.74 Å². The van der Waals surface area contributed by atoms with Crippen LogP contribution >= 0.6 is 0 Å². The van der Waals surface area contributed by atoms with Crippen LogP contribution in [0.5, 0.6) is 0 Å². The van der Waals surface area contributed by atoms with E-state index in [9.17, 15) is 13.2 Å². The lowest BCUT2D eigenvalue weighted by molar-refractivity contribution is 0.185. The molecule has 0 spiro atoms. The molecule has 0 aliphatic rings. The fourth-order valence-electron chi connectivity index (χ4n) is 1.86. The number of H-pyrrole nitrogens is 1. The maximum Gasteiger partial charge on any atom is 0.343 e. The monoisotopic (exact) mass is 341 g/mol. The van der Waals surface area contributed by atoms with Gasteiger partial charge in [-0.2, -0.15) is 17.8 Å². The molecule has 1 heterocycles. The fraction of sp³-hybridized carbons (Fsp3) is 0.385. The Kier molecular flexibility index (Phi) is 5.19. The molecule has 0 amide bonds. The average molecular weight is 341 g/mol. The molecule has 2 aromatic rings. The maximum atomic E-state index is 12.1. The highest BCUT2D eigenvalue weighted by molar-refractivity contribution is 7.90. The van der Waals surface area contributed by atoms with Crippen molar-refractivity contribution < 1.29 is 13.2 Å². The number of nitrogens with zero attached hydrogens (tertiary/aromatic N) is 3. The van der Waals surface area contributed by atoms with E-state index in [1.807, 2.05) is 0 Å². The van der Waals surface area contributed by atoms with Gasteiger partial charge in [-0.3, -0.25) is 9.29 Å². The van der Waals surface area contributed by atoms with Crippen molar-refractivity contribution >= 4 is 15.9 Å². The number of methoxy groups -OCH3 is 1. The van der Waals surface area contributed by atoms with Crippen LogP contribution in [0, 0.1) is 0 Å². The van der Waals surface area contributed by atoms with Gasteiger partial charge in [0, 0.05) is 39.0 Å². The number of nitrogens with one attached hydrogen (secondary N) is 2. The highest BCUT2D eigenvalue weighted by Crippen LogP contribution is 2.19. The Balaban J connectivity index is 2.14. The van der Waals surface area contributed by atoms with E-state index < -0.39 is 10.2 Å². The summed E-state index contributed by atoms with van der Waals surface area (Å²) in [5.74, 6) is 0.474. The lowest BCUT2D eigenvalue weighted by atomic mass is 10.2. The number of anilines is 1. The second-order valence-corrected chi connectivity index (χ2v) is 6.69. The molecule has 1 aromatic carbocycles. The number of aromatic nitrogens is 3. The summed E-state index contributed by atoms with van der Waals surface area (Å²) in [6, 6.07) is 6.58. The van der Waals surface area contributed by atoms with Crippen LogP contribution in [0.25, 0.3) is 11.4 Å². The van der Waals surface area contributed by atoms with Crippen molar-refractivity contribution in [3.63, 3.8) is 0 Å². The molecule has 0 radical (unpaired) electrons. The van der Waals surface area contributed by atoms with Crippen molar-refractivity contribution in [2.75, 3.05) is 32.0 Å². The van der Waals surface area contributed by atoms with Gasteiger partial charge in [-0.15, -0.1) is 0 Å². The zero-order valence-electron chi connectivity index (χ0n) is 13.1. The highest BCUT2D eigenvalue weighted by Gasteiger charge is 2.17. The minimum atomic E-state index is -3.64. The molecule has 1 aromatic heterocycles. The first-order valence-electron chi connectivity index (χ1n) is 6.80. The van der Waals surface area contributed by atoms with Gasteiger partial charge in [0.15, 0.2) is 5.82 Å². The molecule has 10 heteroatoms. The number of ether oxygens (including phenoxy) is 1. The Hall–Kier alpha value is -2.17. The van der Waals surface area contributed by atoms with Gasteiger partial charge in [-0.1, -0.05) is 0 Å². The molecular weight excluding hydrogens is 322 g/mol. The predicted molar refractivity (Wildman–Crippen MR) is 86.3 cm³/mol. The summed E-state index contributed by atoms with van der Waals surface area (Å²) in [7, 11) is 0.935. The zero-order chi connectivity index (χ0) is 17.0. The molecular formula is C13H19N5O4S. The Bertz CT molecular complexity index is 810. The smallest absolute Gasteiger partial charge is 0.343 e. The van der Waals surface area contributed by atoms with E-state index in [2.05, 4.69) is 14.9 Å². The molecule has 0 unspecified atom stereocenters. The standard InChI is InChI=1S/C13H19N5O4S/c1-17(8-9-22-3)23(20,21)16-11-6-4-10(5-7-11)12-14-15-13(19)18(12)2/h4-7,16H,8-9H2,1-3H3,(H,15,19). The average Bonchev–Trinajstić information content (AvgIpc) is 2.85. The Morgan fingerprint density at radius 2 is 2.00 bits per heavy atom. The lowest BCUT2D eigenvalue weighted by Gasteiger charge is -2.17. The van der Waals surface area contributed by atoms with Crippen LogP contribution in [0.3, 0.4) is 0 Å². The molecule has 126 valence electrons. The van der Waals surface area contributed by atoms with E-state index in [0.29, 0.717) is 23.7 Å². The number of hydrogen-bond donors (Lipinski definition) is 2. The van der Waals surface area contributed by atoms with Crippen LogP contribution in [-0.4, -0.2) is 54.8 Å². The lowest BCUT2D eigenvalue weighted by Crippen LogP contribution is -2.34. The van der Waals surface area contributed by atoms with E-state index in [-0.39, 0.29) is 12.2 Å². The largest absolute Gasteiger partial charge is 0.383 e. The second kappa shape index (κ2) is 6.94. The summed E-state index contributed by atoms with van der Waals surface area (Å²) in [5.41, 5.74) is 0.796. The van der Waals surface area contributed by atoms with Gasteiger partial charge in [0.05, 0.1) is 6.61 Å². The van der Waals surface area contributed by atoms with Crippen molar-refractivity contribution in [1.29, 1.82) is 0 Å². The van der Waals surface area contributed by atoms with Gasteiger partial charge in [-0.25, -0.2) is 9.89 Å². The normalized spacial score (nSPS) is 11.8. The Morgan fingerprint density at radius 1 is 1.35 bits per heavy atom. The number of hydrogen-bond acceptors (Lipinski definition) is 5. The SMILES string of the molecule is COCCN(C)S(=O)(=O)Nc1ccc(-c2n[nH]c(=O)n2C)cc1. The summed E-state index contributed by atoms with van der Waals surface area (Å²) in [4.78, 5) is 11.4. The van der Waals surface area contributed by atoms with Gasteiger partial charge < -0.3 is 4.74 Å². The molecule has 0 aliphatic carbocycles. The minimum absolute atomic E-state index is 0.249. The van der Waals surface area contributed by atoms with Crippen LogP contribution in [0.2, 0.25) is 0 Å². The van der Waals surface area contributed by atoms with Crippen LogP contribution in [0.15, 0.2) is 29.1 Å². The molecule has 23 heavy (non-hydrogen) atoms. The molecule has 0 bridgehead atoms. The molecule has 2 rings (SSSR count). The number of likely N-dealkylation sites (N-methyl/N-ethyl adjacent to an activating group) is 1. The molecule has 0 saturated heterocycles. The molecule has 0 saturated carbocycles. The minimum Gasteiger partial charge on any atom is -0.383 e. The second-order valence-electron chi connectivity index (χ2n) is 4.91. The first-order valence-corrected chi connectivity index (χ1v) is 8.24. The van der Waals surface area contributed by atoms with Crippen molar-refractivity contribution in [2.24, 2.45) is 7.05 Å². The van der Waals surface area contributed by atoms with Crippen molar-refractivity contribution in [3.8, 4) is 11.4 Å². The Morgan fingerprint density at radius 3 is 2.52 bits per heavy atom. The summed E-state index contributed by atoms with van der Waals surface area (Å²) < 4.78 is 34.1. The van der Waals surface area contributed by atoms with Crippen molar-refractivity contribution in [3.05, 3.63) is 34.7 Å². The van der Waals surface area contributed by atoms with Gasteiger partial charge in [-0.05, 0) is 24.3 Å². The molecule has 9 nitrogen and oxygen atoms in total. The number of aromatic amines is 1. The summed E-state index contributed by atoms with van der Waals surface area (Å²) >= 11 is 0. The van der Waals surface area contributed by atoms with E-state index >= 15 is 0 Å². The predicted octanol–water partition coefficient (Wildman–Crippen LogP) is 0.0103. The van der Waals surface area contributed by atoms with Crippen LogP contribution in [0.1, 0.15) is 0 Å². The first-order chi connectivity index (χ1) is 10.8. The topological polar surface area (TPSA) is 109 Å². The summed E-state index contributed by atoms with van der Waals surface area (Å²) in [6.07, 6.45) is 0. The van der Waals surface area contributed by atoms with Crippen LogP contribution in [-0.2, 0) is 22.0 Å². The van der Waals surface area contributed by atoms with Gasteiger partial charge in [0.25, 0.3) is 0 Å². The fourth-order valence-corrected chi connectivity index (χ4v) is 2.76. The van der Waals surface area contributed by atoms with Gasteiger partial charge in [0.1, 0.15) is 0 Å². The van der Waals surface area contributed by atoms with E-state index in [0.717, 1.165) is 0 Å². The van der Waals surface area contributed by atoms with Crippen LogP contribution in [0.4, 0.5) is 5.69 Å². The molecule has 0 atom stereocenters. The van der Waals surface area contributed by atoms with Gasteiger partial charge >= 0.3 is 15.9 Å². The summed E-state index contributed by atoms with van der Waals surface area (Å²) in [5, 5.41) is 6.27. The first kappa shape index (κ1) is 17.2. The zero-order valence-corrected chi connectivity index (χ0v) is 13.9. The molecule has 0 aliphatic heterocycles. The van der Waals surface area contributed by atoms with E-state index in [1.165, 1.54) is 23.0 Å². The van der Waals surface area contributed by atoms with Crippen molar-refractivity contribution in [1.82, 2.24) is 19.1 Å². The summed E-state index contributed by atoms with van der Waals surface area (Å²) in [6.45, 7) is 0.558. The third-order valence-electron chi connectivity index (χ3n) is 3.29. The number of benzene rings is 1. The Labute approximate surface area is 134 Å². The van der Waals surface area contributed by atoms with Crippen molar-refractivity contribution in [2.45, 2.75) is 0 Å². The third-order valence-corrected chi connectivity index (χ3v) is 4.79. The van der Waals surface area contributed by atoms with Gasteiger partial charge in [0.2, 0.25) is 0 Å². The highest BCUT2D eigenvalue weighted by atomic mass is 32.2.